The number of hydrogen-bond acceptors (Lipinski definition) is 8. The zero-order valence-corrected chi connectivity index (χ0v) is 25.0. The predicted molar refractivity (Wildman–Crippen MR) is 169 cm³/mol. The Morgan fingerprint density at radius 2 is 1.81 bits per heavy atom. The van der Waals surface area contributed by atoms with Crippen LogP contribution in [-0.4, -0.2) is 71.3 Å². The zero-order valence-electron chi connectivity index (χ0n) is 25.0. The first-order valence-electron chi connectivity index (χ1n) is 13.6. The average molecular weight is 571 g/mol. The van der Waals surface area contributed by atoms with Crippen LogP contribution in [0.2, 0.25) is 0 Å². The molecule has 2 aromatic heterocycles. The number of benzene rings is 2. The van der Waals surface area contributed by atoms with Crippen molar-refractivity contribution in [2.75, 3.05) is 56.9 Å². The number of allylic oxidation sites excluding steroid dienone is 2. The van der Waals surface area contributed by atoms with Crippen molar-refractivity contribution in [2.24, 2.45) is 0 Å². The van der Waals surface area contributed by atoms with Crippen LogP contribution >= 0.6 is 0 Å². The standard InChI is InChI=1S/C31H38N8O3/c1-8-29(40)33-22-19-23(27(42-7)20-26(22)37(6)18-17-36(4)5)34-30-32-15-13-28(35-30)39-25-12-10-9-11-24(25)38(31(39)41)16-14-21(2)3/h8-15,19-20H,1,16-18H2,2-7H3,(H,33,40)(H,32,34,35). The van der Waals surface area contributed by atoms with Crippen LogP contribution in [0.15, 0.2) is 77.8 Å². The van der Waals surface area contributed by atoms with Gasteiger partial charge >= 0.3 is 5.69 Å². The number of ether oxygens (including phenoxy) is 1. The van der Waals surface area contributed by atoms with Crippen LogP contribution in [0.5, 0.6) is 5.75 Å². The molecule has 0 fully saturated rings. The maximum atomic E-state index is 13.6. The van der Waals surface area contributed by atoms with E-state index in [2.05, 4.69) is 32.1 Å². The molecule has 2 N–H and O–H groups in total. The molecule has 0 aliphatic heterocycles. The summed E-state index contributed by atoms with van der Waals surface area (Å²) in [5.41, 5.74) is 4.36. The van der Waals surface area contributed by atoms with Crippen molar-refractivity contribution < 1.29 is 9.53 Å². The molecule has 0 saturated heterocycles. The fourth-order valence-electron chi connectivity index (χ4n) is 4.44. The van der Waals surface area contributed by atoms with Crippen molar-refractivity contribution in [3.8, 4) is 11.6 Å². The second-order valence-corrected chi connectivity index (χ2v) is 10.4. The van der Waals surface area contributed by atoms with Crippen molar-refractivity contribution >= 4 is 40.0 Å². The summed E-state index contributed by atoms with van der Waals surface area (Å²) in [6, 6.07) is 12.9. The van der Waals surface area contributed by atoms with Crippen LogP contribution in [-0.2, 0) is 11.3 Å². The zero-order chi connectivity index (χ0) is 30.4. The second kappa shape index (κ2) is 13.2. The SMILES string of the molecule is C=CC(=O)Nc1cc(Nc2nccc(-n3c(=O)n(CC=C(C)C)c4ccccc43)n2)c(OC)cc1N(C)CCN(C)C. The second-order valence-electron chi connectivity index (χ2n) is 10.4. The summed E-state index contributed by atoms with van der Waals surface area (Å²) in [5, 5.41) is 6.11. The van der Waals surface area contributed by atoms with E-state index in [-0.39, 0.29) is 17.5 Å². The first-order valence-corrected chi connectivity index (χ1v) is 13.6. The number of rotatable bonds is 12. The van der Waals surface area contributed by atoms with Crippen LogP contribution in [0.4, 0.5) is 23.0 Å². The molecule has 0 spiro atoms. The van der Waals surface area contributed by atoms with E-state index in [0.717, 1.165) is 35.4 Å². The number of methoxy groups -OCH3 is 1. The van der Waals surface area contributed by atoms with Gasteiger partial charge in [-0.15, -0.1) is 0 Å². The number of aromatic nitrogens is 4. The van der Waals surface area contributed by atoms with Gasteiger partial charge in [0, 0.05) is 45.0 Å². The number of carbonyl (C=O) groups is 1. The van der Waals surface area contributed by atoms with Gasteiger partial charge in [-0.3, -0.25) is 9.36 Å². The lowest BCUT2D eigenvalue weighted by Crippen LogP contribution is -2.29. The van der Waals surface area contributed by atoms with Gasteiger partial charge in [-0.2, -0.15) is 4.98 Å². The molecule has 4 rings (SSSR count). The lowest BCUT2D eigenvalue weighted by atomic mass is 10.2. The van der Waals surface area contributed by atoms with Gasteiger partial charge in [-0.25, -0.2) is 14.3 Å². The molecule has 1 amide bonds. The van der Waals surface area contributed by atoms with Gasteiger partial charge < -0.3 is 25.2 Å². The molecule has 0 aliphatic carbocycles. The van der Waals surface area contributed by atoms with Gasteiger partial charge in [0.25, 0.3) is 0 Å². The molecule has 11 nitrogen and oxygen atoms in total. The molecule has 220 valence electrons. The van der Waals surface area contributed by atoms with Crippen LogP contribution in [0.3, 0.4) is 0 Å². The van der Waals surface area contributed by atoms with Crippen LogP contribution < -0.4 is 26.0 Å². The van der Waals surface area contributed by atoms with Crippen LogP contribution in [0, 0.1) is 0 Å². The molecule has 4 aromatic rings. The fraction of sp³-hybridized carbons (Fsp3) is 0.290. The highest BCUT2D eigenvalue weighted by Gasteiger charge is 2.18. The van der Waals surface area contributed by atoms with E-state index in [4.69, 9.17) is 4.74 Å². The van der Waals surface area contributed by atoms with Gasteiger partial charge in [0.2, 0.25) is 11.9 Å². The van der Waals surface area contributed by atoms with Crippen LogP contribution in [0.1, 0.15) is 13.8 Å². The molecule has 0 radical (unpaired) electrons. The van der Waals surface area contributed by atoms with Crippen molar-refractivity contribution in [1.82, 2.24) is 24.0 Å². The monoisotopic (exact) mass is 570 g/mol. The number of para-hydroxylation sites is 2. The molecule has 0 saturated carbocycles. The molecule has 0 aliphatic rings. The Balaban J connectivity index is 1.75. The Morgan fingerprint density at radius 3 is 2.48 bits per heavy atom. The van der Waals surface area contributed by atoms with E-state index in [9.17, 15) is 9.59 Å². The van der Waals surface area contributed by atoms with Crippen molar-refractivity contribution in [3.05, 3.63) is 83.4 Å². The lowest BCUT2D eigenvalue weighted by molar-refractivity contribution is -0.111. The number of likely N-dealkylation sites (N-methyl/N-ethyl adjacent to an activating group) is 2. The number of fused-ring (bicyclic) bond motifs is 1. The molecule has 0 atom stereocenters. The van der Waals surface area contributed by atoms with Gasteiger partial charge in [0.15, 0.2) is 0 Å². The summed E-state index contributed by atoms with van der Waals surface area (Å²) >= 11 is 0. The van der Waals surface area contributed by atoms with E-state index in [0.29, 0.717) is 29.5 Å². The van der Waals surface area contributed by atoms with Gasteiger partial charge in [0.1, 0.15) is 11.6 Å². The largest absolute Gasteiger partial charge is 0.494 e. The first-order chi connectivity index (χ1) is 20.1. The fourth-order valence-corrected chi connectivity index (χ4v) is 4.44. The number of nitrogens with zero attached hydrogens (tertiary/aromatic N) is 6. The Hall–Kier alpha value is -4.90. The quantitative estimate of drug-likeness (QED) is 0.190. The highest BCUT2D eigenvalue weighted by molar-refractivity contribution is 6.02. The topological polar surface area (TPSA) is 110 Å². The molecule has 0 unspecified atom stereocenters. The minimum atomic E-state index is -0.337. The molecular formula is C31H38N8O3. The van der Waals surface area contributed by atoms with Crippen molar-refractivity contribution in [3.63, 3.8) is 0 Å². The Bertz CT molecular complexity index is 1680. The number of amides is 1. The van der Waals surface area contributed by atoms with Crippen LogP contribution in [0.25, 0.3) is 16.9 Å². The number of hydrogen-bond donors (Lipinski definition) is 2. The smallest absolute Gasteiger partial charge is 0.335 e. The molecule has 0 bridgehead atoms. The van der Waals surface area contributed by atoms with E-state index < -0.39 is 0 Å². The van der Waals surface area contributed by atoms with Crippen molar-refractivity contribution in [2.45, 2.75) is 20.4 Å². The highest BCUT2D eigenvalue weighted by atomic mass is 16.5. The average Bonchev–Trinajstić information content (AvgIpc) is 3.25. The Kier molecular flexibility index (Phi) is 9.43. The highest BCUT2D eigenvalue weighted by Crippen LogP contribution is 2.38. The van der Waals surface area contributed by atoms with E-state index in [1.165, 1.54) is 6.08 Å². The number of nitrogens with one attached hydrogen (secondary N) is 2. The molecule has 42 heavy (non-hydrogen) atoms. The summed E-state index contributed by atoms with van der Waals surface area (Å²) in [4.78, 5) is 39.1. The lowest BCUT2D eigenvalue weighted by Gasteiger charge is -2.26. The first kappa shape index (κ1) is 30.1. The molecule has 2 aromatic carbocycles. The summed E-state index contributed by atoms with van der Waals surface area (Å²) < 4.78 is 9.01. The summed E-state index contributed by atoms with van der Waals surface area (Å²) in [6.07, 6.45) is 4.83. The molecule has 2 heterocycles. The van der Waals surface area contributed by atoms with Gasteiger partial charge in [-0.05, 0) is 52.2 Å². The number of imidazole rings is 1. The minimum Gasteiger partial charge on any atom is -0.494 e. The predicted octanol–water partition coefficient (Wildman–Crippen LogP) is 4.42. The summed E-state index contributed by atoms with van der Waals surface area (Å²) in [6.45, 7) is 9.58. The third-order valence-electron chi connectivity index (χ3n) is 6.69. The maximum Gasteiger partial charge on any atom is 0.335 e. The number of anilines is 4. The Morgan fingerprint density at radius 1 is 1.07 bits per heavy atom. The van der Waals surface area contributed by atoms with Gasteiger partial charge in [-0.1, -0.05) is 30.4 Å². The van der Waals surface area contributed by atoms with E-state index >= 15 is 0 Å². The normalized spacial score (nSPS) is 10.9. The van der Waals surface area contributed by atoms with E-state index in [1.54, 1.807) is 34.6 Å². The minimum absolute atomic E-state index is 0.199. The summed E-state index contributed by atoms with van der Waals surface area (Å²) in [5.74, 6) is 0.871. The maximum absolute atomic E-state index is 13.6. The third-order valence-corrected chi connectivity index (χ3v) is 6.69. The summed E-state index contributed by atoms with van der Waals surface area (Å²) in [7, 11) is 7.54. The number of carbonyl (C=O) groups excluding carboxylic acids is 1. The van der Waals surface area contributed by atoms with Gasteiger partial charge in [0.05, 0.1) is 35.2 Å². The van der Waals surface area contributed by atoms with E-state index in [1.807, 2.05) is 76.3 Å². The Labute approximate surface area is 245 Å². The third kappa shape index (κ3) is 6.69. The van der Waals surface area contributed by atoms with Crippen molar-refractivity contribution in [1.29, 1.82) is 0 Å². The molecule has 11 heteroatoms. The molecular weight excluding hydrogens is 532 g/mol.